The van der Waals surface area contributed by atoms with Gasteiger partial charge in [-0.05, 0) is 0 Å². The molecule has 0 spiro atoms. The average molecular weight is 163 g/mol. The fourth-order valence-corrected chi connectivity index (χ4v) is 0.912. The van der Waals surface area contributed by atoms with E-state index in [1.807, 2.05) is 0 Å². The molecule has 0 fully saturated rings. The number of hydrogen-bond acceptors (Lipinski definition) is 3. The maximum absolute atomic E-state index is 5.61. The predicted molar refractivity (Wildman–Crippen MR) is 38.4 cm³/mol. The summed E-state index contributed by atoms with van der Waals surface area (Å²) in [6, 6.07) is 0. The largest absolute Gasteiger partial charge is 0.477 e. The van der Waals surface area contributed by atoms with Crippen molar-refractivity contribution in [3.8, 4) is 0 Å². The van der Waals surface area contributed by atoms with Crippen LogP contribution in [0.1, 0.15) is 0 Å². The standard InChI is InChI=1S/C5H8ClN3O/c1-10-5-3-9(7)2-4(6)8-5/h3H,2,7H2,1H3/p+1. The van der Waals surface area contributed by atoms with Gasteiger partial charge in [0, 0.05) is 0 Å². The van der Waals surface area contributed by atoms with Crippen molar-refractivity contribution in [2.45, 2.75) is 0 Å². The van der Waals surface area contributed by atoms with Crippen molar-refractivity contribution < 1.29 is 9.75 Å². The number of nitrogens with one attached hydrogen (secondary N) is 1. The van der Waals surface area contributed by atoms with Gasteiger partial charge in [-0.25, -0.2) is 5.01 Å². The van der Waals surface area contributed by atoms with Crippen molar-refractivity contribution in [3.05, 3.63) is 12.1 Å². The predicted octanol–water partition coefficient (Wildman–Crippen LogP) is -1.16. The Labute approximate surface area is 63.9 Å². The molecule has 56 valence electrons. The molecule has 0 saturated heterocycles. The van der Waals surface area contributed by atoms with Gasteiger partial charge in [-0.1, -0.05) is 11.6 Å². The molecule has 0 aliphatic carbocycles. The van der Waals surface area contributed by atoms with E-state index in [0.717, 1.165) is 0 Å². The molecule has 1 aliphatic heterocycles. The highest BCUT2D eigenvalue weighted by Crippen LogP contribution is 1.99. The van der Waals surface area contributed by atoms with Crippen LogP contribution in [-0.2, 0) is 4.74 Å². The highest BCUT2D eigenvalue weighted by atomic mass is 35.5. The van der Waals surface area contributed by atoms with Gasteiger partial charge < -0.3 is 4.74 Å². The molecule has 1 aliphatic rings. The number of rotatable bonds is 1. The average Bonchev–Trinajstić information content (AvgIpc) is 1.85. The van der Waals surface area contributed by atoms with Crippen molar-refractivity contribution >= 4 is 16.8 Å². The van der Waals surface area contributed by atoms with Crippen LogP contribution in [0.2, 0.25) is 0 Å². The van der Waals surface area contributed by atoms with E-state index in [1.54, 1.807) is 6.20 Å². The third-order valence-electron chi connectivity index (χ3n) is 1.10. The van der Waals surface area contributed by atoms with Gasteiger partial charge in [0.2, 0.25) is 0 Å². The van der Waals surface area contributed by atoms with Crippen LogP contribution in [0, 0.1) is 0 Å². The zero-order chi connectivity index (χ0) is 7.56. The van der Waals surface area contributed by atoms with E-state index in [0.29, 0.717) is 22.6 Å². The van der Waals surface area contributed by atoms with Gasteiger partial charge in [0.15, 0.2) is 17.9 Å². The van der Waals surface area contributed by atoms with Crippen LogP contribution >= 0.6 is 11.6 Å². The van der Waals surface area contributed by atoms with Gasteiger partial charge in [-0.3, -0.25) is 0 Å². The molecular formula is C5H9ClN3O+. The summed E-state index contributed by atoms with van der Waals surface area (Å²) in [5.74, 6) is 5.95. The van der Waals surface area contributed by atoms with Crippen LogP contribution in [0.5, 0.6) is 0 Å². The normalized spacial score (nSPS) is 25.3. The number of nitrogens with zero attached hydrogens (tertiary/aromatic N) is 1. The van der Waals surface area contributed by atoms with E-state index in [-0.39, 0.29) is 0 Å². The van der Waals surface area contributed by atoms with Gasteiger partial charge in [-0.15, -0.1) is 0 Å². The summed E-state index contributed by atoms with van der Waals surface area (Å²) in [5, 5.41) is 1.15. The first-order valence-corrected chi connectivity index (χ1v) is 3.20. The minimum absolute atomic E-state index is 0.466. The van der Waals surface area contributed by atoms with E-state index < -0.39 is 0 Å². The van der Waals surface area contributed by atoms with Crippen molar-refractivity contribution in [3.63, 3.8) is 0 Å². The number of nitrogens with two attached hydrogens (primary N) is 1. The summed E-state index contributed by atoms with van der Waals surface area (Å²) >= 11 is 5.61. The zero-order valence-corrected chi connectivity index (χ0v) is 6.35. The SMILES string of the molecule is COC1=C[NH+](N)CC(Cl)=N1. The van der Waals surface area contributed by atoms with Crippen molar-refractivity contribution in [2.24, 2.45) is 10.8 Å². The number of ether oxygens (including phenoxy) is 1. The first-order chi connectivity index (χ1) is 4.72. The van der Waals surface area contributed by atoms with Crippen molar-refractivity contribution in [1.29, 1.82) is 0 Å². The third kappa shape index (κ3) is 1.70. The Morgan fingerprint density at radius 1 is 1.90 bits per heavy atom. The highest BCUT2D eigenvalue weighted by Gasteiger charge is 2.13. The highest BCUT2D eigenvalue weighted by molar-refractivity contribution is 6.65. The second-order valence-electron chi connectivity index (χ2n) is 1.93. The Bertz CT molecular complexity index is 189. The molecule has 10 heavy (non-hydrogen) atoms. The molecule has 1 atom stereocenters. The number of methoxy groups -OCH3 is 1. The topological polar surface area (TPSA) is 52.0 Å². The molecule has 3 N–H and O–H groups in total. The van der Waals surface area contributed by atoms with Crippen molar-refractivity contribution in [2.75, 3.05) is 13.7 Å². The summed E-state index contributed by atoms with van der Waals surface area (Å²) in [4.78, 5) is 3.87. The molecule has 1 heterocycles. The quantitative estimate of drug-likeness (QED) is 0.478. The van der Waals surface area contributed by atoms with E-state index in [1.165, 1.54) is 7.11 Å². The number of halogens is 1. The zero-order valence-electron chi connectivity index (χ0n) is 5.60. The fraction of sp³-hybridized carbons (Fsp3) is 0.400. The molecule has 5 heteroatoms. The third-order valence-corrected chi connectivity index (χ3v) is 1.32. The molecular weight excluding hydrogens is 154 g/mol. The monoisotopic (exact) mass is 162 g/mol. The Morgan fingerprint density at radius 3 is 3.10 bits per heavy atom. The summed E-state index contributed by atoms with van der Waals surface area (Å²) in [6.45, 7) is 0.522. The number of quaternary nitrogens is 1. The van der Waals surface area contributed by atoms with Crippen LogP contribution in [0.3, 0.4) is 0 Å². The molecule has 0 saturated carbocycles. The fourth-order valence-electron chi connectivity index (χ4n) is 0.674. The lowest BCUT2D eigenvalue weighted by Crippen LogP contribution is -3.14. The van der Waals surface area contributed by atoms with Gasteiger partial charge in [0.25, 0.3) is 5.88 Å². The Hall–Kier alpha value is -0.580. The molecule has 0 bridgehead atoms. The summed E-state index contributed by atoms with van der Waals surface area (Å²) in [5.41, 5.74) is 0. The van der Waals surface area contributed by atoms with Crippen LogP contribution < -0.4 is 10.9 Å². The molecule has 0 aromatic carbocycles. The summed E-state index contributed by atoms with van der Waals surface area (Å²) in [6.07, 6.45) is 1.66. The van der Waals surface area contributed by atoms with Gasteiger partial charge in [0.1, 0.15) is 0 Å². The molecule has 1 rings (SSSR count). The molecule has 0 amide bonds. The second kappa shape index (κ2) is 3.01. The maximum Gasteiger partial charge on any atom is 0.271 e. The molecule has 4 nitrogen and oxygen atoms in total. The molecule has 0 aromatic heterocycles. The van der Waals surface area contributed by atoms with E-state index in [4.69, 9.17) is 22.2 Å². The Morgan fingerprint density at radius 2 is 2.60 bits per heavy atom. The molecule has 0 radical (unpaired) electrons. The van der Waals surface area contributed by atoms with Crippen molar-refractivity contribution in [1.82, 2.24) is 0 Å². The lowest BCUT2D eigenvalue weighted by Gasteiger charge is -2.11. The van der Waals surface area contributed by atoms with Crippen LogP contribution in [0.4, 0.5) is 0 Å². The van der Waals surface area contributed by atoms with Crippen LogP contribution in [0.25, 0.3) is 0 Å². The Kier molecular flexibility index (Phi) is 2.26. The first-order valence-electron chi connectivity index (χ1n) is 2.82. The van der Waals surface area contributed by atoms with Gasteiger partial charge in [0.05, 0.1) is 7.11 Å². The first kappa shape index (κ1) is 7.53. The molecule has 0 aromatic rings. The van der Waals surface area contributed by atoms with Crippen LogP contribution in [0.15, 0.2) is 17.1 Å². The Balaban J connectivity index is 2.72. The van der Waals surface area contributed by atoms with E-state index >= 15 is 0 Å². The maximum atomic E-state index is 5.61. The summed E-state index contributed by atoms with van der Waals surface area (Å²) < 4.78 is 4.82. The lowest BCUT2D eigenvalue weighted by molar-refractivity contribution is -0.851. The minimum atomic E-state index is 0.466. The van der Waals surface area contributed by atoms with Gasteiger partial charge >= 0.3 is 0 Å². The van der Waals surface area contributed by atoms with E-state index in [9.17, 15) is 0 Å². The number of hydrogen-bond donors (Lipinski definition) is 2. The summed E-state index contributed by atoms with van der Waals surface area (Å²) in [7, 11) is 1.53. The van der Waals surface area contributed by atoms with Gasteiger partial charge in [-0.2, -0.15) is 10.8 Å². The lowest BCUT2D eigenvalue weighted by atomic mass is 10.6. The number of aliphatic imine (C=N–C) groups is 1. The smallest absolute Gasteiger partial charge is 0.271 e. The van der Waals surface area contributed by atoms with Crippen LogP contribution in [-0.4, -0.2) is 18.8 Å². The van der Waals surface area contributed by atoms with E-state index in [2.05, 4.69) is 4.99 Å². The molecule has 1 unspecified atom stereocenters. The second-order valence-corrected chi connectivity index (χ2v) is 2.36. The minimum Gasteiger partial charge on any atom is -0.477 e.